The number of benzene rings is 2. The Morgan fingerprint density at radius 2 is 2.09 bits per heavy atom. The standard InChI is InChI=1S/C22H19Cl2FN4O4/c1-31-17-8-16-13(7-18(17)33-12-4-5-29-11(6-12)9-32-22(29)30)21(27-10-26-16)28-15-3-2-14(23)19(24)20(15)25/h2-3,7-8,10-12H,4-6,9H2,1H3,(H,26,27,28). The molecule has 0 saturated carbocycles. The molecule has 2 unspecified atom stereocenters. The monoisotopic (exact) mass is 492 g/mol. The Hall–Kier alpha value is -3.04. The Labute approximate surface area is 198 Å². The number of carbonyl (C=O) groups is 1. The van der Waals surface area contributed by atoms with Gasteiger partial charge < -0.3 is 24.4 Å². The van der Waals surface area contributed by atoms with Crippen LogP contribution in [0.2, 0.25) is 10.0 Å². The fourth-order valence-electron chi connectivity index (χ4n) is 4.11. The summed E-state index contributed by atoms with van der Waals surface area (Å²) in [7, 11) is 1.55. The molecule has 172 valence electrons. The minimum absolute atomic E-state index is 0.000825. The minimum atomic E-state index is -0.680. The number of methoxy groups -OCH3 is 1. The van der Waals surface area contributed by atoms with Crippen LogP contribution in [-0.4, -0.2) is 53.4 Å². The third-order valence-electron chi connectivity index (χ3n) is 5.80. The van der Waals surface area contributed by atoms with Gasteiger partial charge in [0, 0.05) is 30.8 Å². The fourth-order valence-corrected chi connectivity index (χ4v) is 4.43. The van der Waals surface area contributed by atoms with Crippen molar-refractivity contribution in [3.05, 3.63) is 46.5 Å². The highest BCUT2D eigenvalue weighted by molar-refractivity contribution is 6.42. The Bertz CT molecular complexity index is 1240. The largest absolute Gasteiger partial charge is 0.493 e. The number of hydrogen-bond donors (Lipinski definition) is 1. The van der Waals surface area contributed by atoms with Crippen LogP contribution < -0.4 is 14.8 Å². The highest BCUT2D eigenvalue weighted by atomic mass is 35.5. The summed E-state index contributed by atoms with van der Waals surface area (Å²) in [4.78, 5) is 22.1. The molecule has 11 heteroatoms. The topological polar surface area (TPSA) is 85.8 Å². The van der Waals surface area contributed by atoms with E-state index in [-0.39, 0.29) is 34.0 Å². The molecule has 3 aromatic rings. The highest BCUT2D eigenvalue weighted by Crippen LogP contribution is 2.38. The van der Waals surface area contributed by atoms with E-state index < -0.39 is 5.82 Å². The van der Waals surface area contributed by atoms with E-state index in [1.807, 2.05) is 0 Å². The maximum Gasteiger partial charge on any atom is 0.410 e. The van der Waals surface area contributed by atoms with Crippen molar-refractivity contribution < 1.29 is 23.4 Å². The molecule has 2 fully saturated rings. The van der Waals surface area contributed by atoms with Crippen molar-refractivity contribution >= 4 is 51.7 Å². The van der Waals surface area contributed by atoms with Gasteiger partial charge in [-0.2, -0.15) is 0 Å². The van der Waals surface area contributed by atoms with Crippen molar-refractivity contribution in [3.8, 4) is 11.5 Å². The lowest BCUT2D eigenvalue weighted by Crippen LogP contribution is -2.44. The van der Waals surface area contributed by atoms with Crippen LogP contribution in [0.3, 0.4) is 0 Å². The molecule has 0 bridgehead atoms. The summed E-state index contributed by atoms with van der Waals surface area (Å²) in [5, 5.41) is 3.51. The van der Waals surface area contributed by atoms with Crippen LogP contribution >= 0.6 is 23.2 Å². The van der Waals surface area contributed by atoms with Crippen LogP contribution in [0.15, 0.2) is 30.6 Å². The van der Waals surface area contributed by atoms with E-state index in [4.69, 9.17) is 37.4 Å². The average Bonchev–Trinajstić information content (AvgIpc) is 3.19. The maximum absolute atomic E-state index is 14.6. The molecule has 2 aliphatic rings. The van der Waals surface area contributed by atoms with Crippen molar-refractivity contribution in [2.45, 2.75) is 25.0 Å². The number of nitrogens with zero attached hydrogens (tertiary/aromatic N) is 3. The zero-order chi connectivity index (χ0) is 23.1. The number of aromatic nitrogens is 2. The first-order valence-corrected chi connectivity index (χ1v) is 11.0. The Kier molecular flexibility index (Phi) is 5.76. The molecule has 2 aliphatic heterocycles. The van der Waals surface area contributed by atoms with E-state index in [0.717, 1.165) is 0 Å². The minimum Gasteiger partial charge on any atom is -0.493 e. The van der Waals surface area contributed by atoms with Gasteiger partial charge in [-0.1, -0.05) is 23.2 Å². The second-order valence-electron chi connectivity index (χ2n) is 7.78. The summed E-state index contributed by atoms with van der Waals surface area (Å²) in [5.74, 6) is 0.700. The number of fused-ring (bicyclic) bond motifs is 2. The fraction of sp³-hybridized carbons (Fsp3) is 0.318. The molecule has 0 spiro atoms. The molecule has 8 nitrogen and oxygen atoms in total. The molecule has 2 saturated heterocycles. The Morgan fingerprint density at radius 1 is 1.24 bits per heavy atom. The quantitative estimate of drug-likeness (QED) is 0.490. The molecular weight excluding hydrogens is 474 g/mol. The van der Waals surface area contributed by atoms with E-state index in [2.05, 4.69) is 15.3 Å². The van der Waals surface area contributed by atoms with E-state index in [1.54, 1.807) is 24.1 Å². The number of ether oxygens (including phenoxy) is 3. The molecule has 33 heavy (non-hydrogen) atoms. The van der Waals surface area contributed by atoms with E-state index in [9.17, 15) is 9.18 Å². The van der Waals surface area contributed by atoms with Crippen molar-refractivity contribution in [1.82, 2.24) is 14.9 Å². The number of hydrogen-bond acceptors (Lipinski definition) is 7. The first-order chi connectivity index (χ1) is 15.9. The smallest absolute Gasteiger partial charge is 0.410 e. The predicted molar refractivity (Wildman–Crippen MR) is 121 cm³/mol. The van der Waals surface area contributed by atoms with Gasteiger partial charge in [-0.3, -0.25) is 0 Å². The van der Waals surface area contributed by atoms with E-state index >= 15 is 0 Å². The number of rotatable bonds is 5. The van der Waals surface area contributed by atoms with Crippen LogP contribution in [0.1, 0.15) is 12.8 Å². The van der Waals surface area contributed by atoms with E-state index in [0.29, 0.717) is 54.2 Å². The SMILES string of the molecule is COc1cc2ncnc(Nc3ccc(Cl)c(Cl)c3F)c2cc1OC1CCN2C(=O)OCC2C1. The van der Waals surface area contributed by atoms with Gasteiger partial charge in [0.05, 0.1) is 34.4 Å². The Morgan fingerprint density at radius 3 is 2.91 bits per heavy atom. The number of amides is 1. The van der Waals surface area contributed by atoms with Gasteiger partial charge in [0.2, 0.25) is 0 Å². The van der Waals surface area contributed by atoms with Gasteiger partial charge in [0.15, 0.2) is 17.3 Å². The molecular formula is C22H19Cl2FN4O4. The van der Waals surface area contributed by atoms with Crippen LogP contribution in [-0.2, 0) is 4.74 Å². The number of nitrogens with one attached hydrogen (secondary N) is 1. The molecule has 0 aliphatic carbocycles. The van der Waals surface area contributed by atoms with Gasteiger partial charge in [-0.05, 0) is 18.2 Å². The molecule has 3 heterocycles. The van der Waals surface area contributed by atoms with Gasteiger partial charge in [-0.15, -0.1) is 0 Å². The summed E-state index contributed by atoms with van der Waals surface area (Å²) >= 11 is 11.8. The second kappa shape index (κ2) is 8.72. The molecule has 2 atom stereocenters. The summed E-state index contributed by atoms with van der Waals surface area (Å²) in [5.41, 5.74) is 0.711. The molecule has 1 amide bonds. The van der Waals surface area contributed by atoms with Crippen LogP contribution in [0.5, 0.6) is 11.5 Å². The normalized spacial score (nSPS) is 19.9. The maximum atomic E-state index is 14.6. The van der Waals surface area contributed by atoms with E-state index in [1.165, 1.54) is 18.5 Å². The molecule has 1 aromatic heterocycles. The highest BCUT2D eigenvalue weighted by Gasteiger charge is 2.39. The predicted octanol–water partition coefficient (Wildman–Crippen LogP) is 5.19. The van der Waals surface area contributed by atoms with Crippen molar-refractivity contribution in [3.63, 3.8) is 0 Å². The zero-order valence-corrected chi connectivity index (χ0v) is 19.0. The molecule has 5 rings (SSSR count). The number of carbonyl (C=O) groups excluding carboxylic acids is 1. The average molecular weight is 493 g/mol. The summed E-state index contributed by atoms with van der Waals surface area (Å²) in [6, 6.07) is 6.48. The van der Waals surface area contributed by atoms with Gasteiger partial charge >= 0.3 is 6.09 Å². The first kappa shape index (κ1) is 21.8. The third-order valence-corrected chi connectivity index (χ3v) is 6.59. The van der Waals surface area contributed by atoms with Gasteiger partial charge in [0.25, 0.3) is 0 Å². The lowest BCUT2D eigenvalue weighted by Gasteiger charge is -2.32. The zero-order valence-electron chi connectivity index (χ0n) is 17.5. The van der Waals surface area contributed by atoms with Gasteiger partial charge in [-0.25, -0.2) is 19.2 Å². The van der Waals surface area contributed by atoms with Gasteiger partial charge in [0.1, 0.15) is 24.9 Å². The van der Waals surface area contributed by atoms with Crippen LogP contribution in [0, 0.1) is 5.82 Å². The number of piperidine rings is 1. The van der Waals surface area contributed by atoms with Crippen molar-refractivity contribution in [1.29, 1.82) is 0 Å². The van der Waals surface area contributed by atoms with Crippen molar-refractivity contribution in [2.75, 3.05) is 25.6 Å². The van der Waals surface area contributed by atoms with Crippen molar-refractivity contribution in [2.24, 2.45) is 0 Å². The first-order valence-electron chi connectivity index (χ1n) is 10.3. The van der Waals surface area contributed by atoms with Crippen LogP contribution in [0.4, 0.5) is 20.7 Å². The molecule has 0 radical (unpaired) electrons. The number of halogens is 3. The number of anilines is 2. The summed E-state index contributed by atoms with van der Waals surface area (Å²) in [6.07, 6.45) is 2.28. The van der Waals surface area contributed by atoms with Crippen LogP contribution in [0.25, 0.3) is 10.9 Å². The Balaban J connectivity index is 1.46. The third kappa shape index (κ3) is 4.06. The second-order valence-corrected chi connectivity index (χ2v) is 8.56. The number of cyclic esters (lactones) is 1. The summed E-state index contributed by atoms with van der Waals surface area (Å²) in [6.45, 7) is 0.932. The summed E-state index contributed by atoms with van der Waals surface area (Å²) < 4.78 is 31.5. The molecule has 1 N–H and O–H groups in total. The molecule has 2 aromatic carbocycles. The lowest BCUT2D eigenvalue weighted by atomic mass is 10.0. The lowest BCUT2D eigenvalue weighted by molar-refractivity contribution is 0.0913.